The van der Waals surface area contributed by atoms with Gasteiger partial charge in [0.2, 0.25) is 0 Å². The van der Waals surface area contributed by atoms with Crippen molar-refractivity contribution in [1.29, 1.82) is 0 Å². The minimum atomic E-state index is 0.293. The summed E-state index contributed by atoms with van der Waals surface area (Å²) in [6.07, 6.45) is 3.44. The second-order valence-electron chi connectivity index (χ2n) is 7.44. The number of hydrogen-bond acceptors (Lipinski definition) is 5. The zero-order valence-electron chi connectivity index (χ0n) is 16.9. The molecule has 2 aromatic heterocycles. The maximum Gasteiger partial charge on any atom is 0.322 e. The number of fused-ring (bicyclic) bond motifs is 2. The Morgan fingerprint density at radius 2 is 1.77 bits per heavy atom. The molecule has 0 unspecified atom stereocenters. The quantitative estimate of drug-likeness (QED) is 0.382. The summed E-state index contributed by atoms with van der Waals surface area (Å²) in [4.78, 5) is 13.4. The SMILES string of the molecule is Cn1c(CCc2ccc(Oc3ncc4ccc(Cl)cc4n3)cc2)nc2ccc(N)cc21. The van der Waals surface area contributed by atoms with Crippen LogP contribution in [0.1, 0.15) is 11.4 Å². The van der Waals surface area contributed by atoms with Crippen molar-refractivity contribution in [2.24, 2.45) is 7.05 Å². The van der Waals surface area contributed by atoms with Crippen molar-refractivity contribution in [3.63, 3.8) is 0 Å². The molecule has 0 atom stereocenters. The first-order valence-corrected chi connectivity index (χ1v) is 10.3. The van der Waals surface area contributed by atoms with Gasteiger partial charge < -0.3 is 15.0 Å². The molecule has 2 heterocycles. The molecule has 7 heteroatoms. The third-order valence-corrected chi connectivity index (χ3v) is 5.53. The number of anilines is 1. The van der Waals surface area contributed by atoms with E-state index in [9.17, 15) is 0 Å². The fourth-order valence-electron chi connectivity index (χ4n) is 3.59. The number of nitrogens with zero attached hydrogens (tertiary/aromatic N) is 4. The highest BCUT2D eigenvalue weighted by Gasteiger charge is 2.09. The first-order valence-electron chi connectivity index (χ1n) is 9.95. The molecule has 0 saturated heterocycles. The van der Waals surface area contributed by atoms with Crippen LogP contribution in [0.15, 0.2) is 66.9 Å². The van der Waals surface area contributed by atoms with E-state index in [0.29, 0.717) is 16.8 Å². The van der Waals surface area contributed by atoms with Crippen LogP contribution in [0.5, 0.6) is 11.8 Å². The van der Waals surface area contributed by atoms with Gasteiger partial charge in [0.15, 0.2) is 0 Å². The van der Waals surface area contributed by atoms with Crippen molar-refractivity contribution in [2.45, 2.75) is 12.8 Å². The van der Waals surface area contributed by atoms with E-state index < -0.39 is 0 Å². The van der Waals surface area contributed by atoms with Crippen molar-refractivity contribution in [1.82, 2.24) is 19.5 Å². The molecule has 0 bridgehead atoms. The molecule has 0 spiro atoms. The first kappa shape index (κ1) is 19.3. The topological polar surface area (TPSA) is 78.8 Å². The molecule has 3 aromatic carbocycles. The van der Waals surface area contributed by atoms with Gasteiger partial charge in [0, 0.05) is 35.8 Å². The number of ether oxygens (including phenoxy) is 1. The van der Waals surface area contributed by atoms with Gasteiger partial charge in [-0.25, -0.2) is 9.97 Å². The van der Waals surface area contributed by atoms with E-state index in [2.05, 4.69) is 14.5 Å². The molecular weight excluding hydrogens is 410 g/mol. The van der Waals surface area contributed by atoms with Crippen LogP contribution in [-0.4, -0.2) is 19.5 Å². The van der Waals surface area contributed by atoms with Gasteiger partial charge in [-0.15, -0.1) is 0 Å². The lowest BCUT2D eigenvalue weighted by Crippen LogP contribution is -2.00. The van der Waals surface area contributed by atoms with Gasteiger partial charge >= 0.3 is 6.01 Å². The molecule has 0 aliphatic rings. The molecule has 0 saturated carbocycles. The Kier molecular flexibility index (Phi) is 4.92. The Morgan fingerprint density at radius 1 is 0.935 bits per heavy atom. The number of hydrogen-bond donors (Lipinski definition) is 1. The summed E-state index contributed by atoms with van der Waals surface area (Å²) in [7, 11) is 2.03. The van der Waals surface area contributed by atoms with E-state index in [-0.39, 0.29) is 0 Å². The number of aryl methyl sites for hydroxylation is 3. The molecule has 31 heavy (non-hydrogen) atoms. The highest BCUT2D eigenvalue weighted by Crippen LogP contribution is 2.23. The van der Waals surface area contributed by atoms with Gasteiger partial charge in [-0.1, -0.05) is 23.7 Å². The Labute approximate surface area is 184 Å². The Hall–Kier alpha value is -3.64. The number of aromatic nitrogens is 4. The lowest BCUT2D eigenvalue weighted by atomic mass is 10.1. The van der Waals surface area contributed by atoms with E-state index in [1.807, 2.05) is 61.6 Å². The van der Waals surface area contributed by atoms with E-state index in [0.717, 1.165) is 46.3 Å². The molecule has 6 nitrogen and oxygen atoms in total. The maximum atomic E-state index is 6.05. The Bertz CT molecular complexity index is 1400. The zero-order valence-corrected chi connectivity index (χ0v) is 17.7. The van der Waals surface area contributed by atoms with Crippen LogP contribution in [0.25, 0.3) is 21.9 Å². The highest BCUT2D eigenvalue weighted by molar-refractivity contribution is 6.31. The lowest BCUT2D eigenvalue weighted by Gasteiger charge is -2.07. The van der Waals surface area contributed by atoms with Gasteiger partial charge in [0.1, 0.15) is 11.6 Å². The molecule has 5 aromatic rings. The maximum absolute atomic E-state index is 6.05. The number of nitrogen functional groups attached to an aromatic ring is 1. The summed E-state index contributed by atoms with van der Waals surface area (Å²) >= 11 is 6.05. The van der Waals surface area contributed by atoms with Crippen LogP contribution >= 0.6 is 11.6 Å². The van der Waals surface area contributed by atoms with Gasteiger partial charge in [-0.2, -0.15) is 4.98 Å². The van der Waals surface area contributed by atoms with E-state index >= 15 is 0 Å². The highest BCUT2D eigenvalue weighted by atomic mass is 35.5. The van der Waals surface area contributed by atoms with Crippen molar-refractivity contribution in [2.75, 3.05) is 5.73 Å². The van der Waals surface area contributed by atoms with Crippen LogP contribution in [0.3, 0.4) is 0 Å². The fourth-order valence-corrected chi connectivity index (χ4v) is 3.76. The Balaban J connectivity index is 1.28. The van der Waals surface area contributed by atoms with Crippen molar-refractivity contribution in [3.05, 3.63) is 83.3 Å². The second kappa shape index (κ2) is 7.89. The van der Waals surface area contributed by atoms with Crippen molar-refractivity contribution < 1.29 is 4.74 Å². The molecule has 0 fully saturated rings. The smallest absolute Gasteiger partial charge is 0.322 e. The summed E-state index contributed by atoms with van der Waals surface area (Å²) < 4.78 is 7.92. The third kappa shape index (κ3) is 4.02. The van der Waals surface area contributed by atoms with Gasteiger partial charge in [0.25, 0.3) is 0 Å². The van der Waals surface area contributed by atoms with E-state index in [1.54, 1.807) is 12.3 Å². The Morgan fingerprint density at radius 3 is 2.61 bits per heavy atom. The fraction of sp³-hybridized carbons (Fsp3) is 0.125. The van der Waals surface area contributed by atoms with E-state index in [1.165, 1.54) is 5.56 Å². The number of imidazole rings is 1. The summed E-state index contributed by atoms with van der Waals surface area (Å²) in [6.45, 7) is 0. The summed E-state index contributed by atoms with van der Waals surface area (Å²) in [5.41, 5.74) is 10.6. The second-order valence-corrected chi connectivity index (χ2v) is 7.87. The minimum absolute atomic E-state index is 0.293. The van der Waals surface area contributed by atoms with Gasteiger partial charge in [-0.3, -0.25) is 0 Å². The number of halogens is 1. The number of nitrogens with two attached hydrogens (primary N) is 1. The zero-order chi connectivity index (χ0) is 21.4. The molecule has 2 N–H and O–H groups in total. The molecule has 0 aliphatic carbocycles. The van der Waals surface area contributed by atoms with Gasteiger partial charge in [0.05, 0.1) is 16.6 Å². The predicted octanol–water partition coefficient (Wildman–Crippen LogP) is 5.33. The average molecular weight is 430 g/mol. The normalized spacial score (nSPS) is 11.3. The van der Waals surface area contributed by atoms with Crippen LogP contribution < -0.4 is 10.5 Å². The molecule has 5 rings (SSSR count). The predicted molar refractivity (Wildman–Crippen MR) is 124 cm³/mol. The number of rotatable bonds is 5. The first-order chi connectivity index (χ1) is 15.0. The van der Waals surface area contributed by atoms with Gasteiger partial charge in [-0.05, 0) is 60.5 Å². The molecule has 0 amide bonds. The largest absolute Gasteiger partial charge is 0.424 e. The van der Waals surface area contributed by atoms with Crippen LogP contribution in [0.4, 0.5) is 5.69 Å². The molecular formula is C24H20ClN5O. The van der Waals surface area contributed by atoms with Crippen LogP contribution in [0.2, 0.25) is 5.02 Å². The lowest BCUT2D eigenvalue weighted by molar-refractivity contribution is 0.444. The molecule has 0 aliphatic heterocycles. The third-order valence-electron chi connectivity index (χ3n) is 5.29. The monoisotopic (exact) mass is 429 g/mol. The van der Waals surface area contributed by atoms with Crippen LogP contribution in [-0.2, 0) is 19.9 Å². The summed E-state index contributed by atoms with van der Waals surface area (Å²) in [5, 5.41) is 1.54. The van der Waals surface area contributed by atoms with Crippen LogP contribution in [0, 0.1) is 0 Å². The molecule has 0 radical (unpaired) electrons. The van der Waals surface area contributed by atoms with Crippen molar-refractivity contribution in [3.8, 4) is 11.8 Å². The summed E-state index contributed by atoms with van der Waals surface area (Å²) in [5.74, 6) is 1.72. The molecule has 154 valence electrons. The van der Waals surface area contributed by atoms with E-state index in [4.69, 9.17) is 27.1 Å². The summed E-state index contributed by atoms with van der Waals surface area (Å²) in [6, 6.07) is 19.5. The van der Waals surface area contributed by atoms with Crippen molar-refractivity contribution >= 4 is 39.2 Å². The number of benzene rings is 3. The average Bonchev–Trinajstić information content (AvgIpc) is 3.08. The minimum Gasteiger partial charge on any atom is -0.424 e. The standard InChI is InChI=1S/C24H20ClN5O/c1-30-22-13-18(26)7-10-20(22)28-23(30)11-4-15-2-8-19(9-3-15)31-24-27-14-16-5-6-17(25)12-21(16)29-24/h2-3,5-10,12-14H,4,11,26H2,1H3.